The number of esters is 1. The van der Waals surface area contributed by atoms with Gasteiger partial charge < -0.3 is 8.92 Å². The smallest absolute Gasteiger partial charge is 0.454 e. The number of carbonyl (C=O) groups is 1. The fourth-order valence-corrected chi connectivity index (χ4v) is 2.46. The van der Waals surface area contributed by atoms with Crippen molar-refractivity contribution in [2.75, 3.05) is 0 Å². The predicted molar refractivity (Wildman–Crippen MR) is 71.7 cm³/mol. The summed E-state index contributed by atoms with van der Waals surface area (Å²) in [5, 5.41) is 0. The number of halogens is 4. The second-order valence-corrected chi connectivity index (χ2v) is 6.73. The fraction of sp³-hybridized carbons (Fsp3) is 0.250. The molecule has 120 valence electrons. The minimum absolute atomic E-state index is 0.317. The standard InChI is InChI=1S/C12H8BrF3O5S/c13-8-3-1-7(2-4-8)10-5-9(6-11(17)20-10)21-22(18,19)12(14,15)16/h1-4,6,10H,5H2. The number of hydrogen-bond acceptors (Lipinski definition) is 5. The van der Waals surface area contributed by atoms with Gasteiger partial charge in [-0.1, -0.05) is 28.1 Å². The predicted octanol–water partition coefficient (Wildman–Crippen LogP) is 3.19. The third kappa shape index (κ3) is 3.80. The summed E-state index contributed by atoms with van der Waals surface area (Å²) < 4.78 is 68.5. The molecule has 0 N–H and O–H groups in total. The van der Waals surface area contributed by atoms with E-state index in [2.05, 4.69) is 20.1 Å². The molecule has 22 heavy (non-hydrogen) atoms. The SMILES string of the molecule is O=C1C=C(OS(=O)(=O)C(F)(F)F)CC(c2ccc(Br)cc2)O1. The number of ether oxygens (including phenoxy) is 1. The van der Waals surface area contributed by atoms with Crippen LogP contribution in [0.1, 0.15) is 18.1 Å². The van der Waals surface area contributed by atoms with Crippen molar-refractivity contribution in [2.24, 2.45) is 0 Å². The van der Waals surface area contributed by atoms with E-state index < -0.39 is 33.5 Å². The van der Waals surface area contributed by atoms with E-state index in [1.54, 1.807) is 24.3 Å². The van der Waals surface area contributed by atoms with Gasteiger partial charge >= 0.3 is 21.6 Å². The van der Waals surface area contributed by atoms with Gasteiger partial charge in [0, 0.05) is 10.9 Å². The van der Waals surface area contributed by atoms with Crippen molar-refractivity contribution in [1.29, 1.82) is 0 Å². The third-order valence-electron chi connectivity index (χ3n) is 2.67. The van der Waals surface area contributed by atoms with Crippen molar-refractivity contribution in [1.82, 2.24) is 0 Å². The average Bonchev–Trinajstić information content (AvgIpc) is 2.36. The quantitative estimate of drug-likeness (QED) is 0.442. The number of benzene rings is 1. The zero-order valence-electron chi connectivity index (χ0n) is 10.6. The van der Waals surface area contributed by atoms with Gasteiger partial charge in [-0.3, -0.25) is 0 Å². The Morgan fingerprint density at radius 2 is 1.82 bits per heavy atom. The molecule has 0 saturated heterocycles. The van der Waals surface area contributed by atoms with Crippen LogP contribution in [0.5, 0.6) is 0 Å². The van der Waals surface area contributed by atoms with Gasteiger partial charge in [0.2, 0.25) is 0 Å². The number of alkyl halides is 3. The Balaban J connectivity index is 2.21. The zero-order chi connectivity index (χ0) is 16.5. The summed E-state index contributed by atoms with van der Waals surface area (Å²) >= 11 is 3.21. The lowest BCUT2D eigenvalue weighted by Crippen LogP contribution is -2.27. The molecule has 0 aliphatic carbocycles. The van der Waals surface area contributed by atoms with E-state index in [-0.39, 0.29) is 6.42 Å². The maximum absolute atomic E-state index is 12.3. The summed E-state index contributed by atoms with van der Waals surface area (Å²) in [4.78, 5) is 11.4. The molecular formula is C12H8BrF3O5S. The Kier molecular flexibility index (Phi) is 4.52. The molecule has 1 unspecified atom stereocenters. The van der Waals surface area contributed by atoms with Crippen LogP contribution in [0.25, 0.3) is 0 Å². The number of carbonyl (C=O) groups excluding carboxylic acids is 1. The molecule has 2 rings (SSSR count). The van der Waals surface area contributed by atoms with Crippen LogP contribution < -0.4 is 0 Å². The van der Waals surface area contributed by atoms with Crippen molar-refractivity contribution in [3.8, 4) is 0 Å². The molecule has 0 bridgehead atoms. The van der Waals surface area contributed by atoms with E-state index in [0.29, 0.717) is 11.6 Å². The van der Waals surface area contributed by atoms with E-state index in [0.717, 1.165) is 4.47 Å². The first kappa shape index (κ1) is 16.8. The average molecular weight is 401 g/mol. The molecule has 5 nitrogen and oxygen atoms in total. The second-order valence-electron chi connectivity index (χ2n) is 4.28. The lowest BCUT2D eigenvalue weighted by molar-refractivity contribution is -0.145. The van der Waals surface area contributed by atoms with Crippen LogP contribution in [0.15, 0.2) is 40.6 Å². The summed E-state index contributed by atoms with van der Waals surface area (Å²) in [5.74, 6) is -1.60. The molecule has 1 aliphatic heterocycles. The highest BCUT2D eigenvalue weighted by atomic mass is 79.9. The van der Waals surface area contributed by atoms with Gasteiger partial charge in [-0.2, -0.15) is 21.6 Å². The van der Waals surface area contributed by atoms with Gasteiger partial charge in [0.25, 0.3) is 0 Å². The summed E-state index contributed by atoms with van der Waals surface area (Å²) in [5.41, 5.74) is -5.07. The van der Waals surface area contributed by atoms with Crippen molar-refractivity contribution in [2.45, 2.75) is 18.0 Å². The highest BCUT2D eigenvalue weighted by Gasteiger charge is 2.49. The Morgan fingerprint density at radius 3 is 2.36 bits per heavy atom. The van der Waals surface area contributed by atoms with Crippen LogP contribution >= 0.6 is 15.9 Å². The highest BCUT2D eigenvalue weighted by molar-refractivity contribution is 9.10. The van der Waals surface area contributed by atoms with E-state index in [4.69, 9.17) is 4.74 Å². The largest absolute Gasteiger partial charge is 0.534 e. The molecule has 1 atom stereocenters. The molecule has 1 aliphatic rings. The molecule has 0 radical (unpaired) electrons. The second kappa shape index (κ2) is 5.92. The van der Waals surface area contributed by atoms with Gasteiger partial charge in [0.15, 0.2) is 0 Å². The highest BCUT2D eigenvalue weighted by Crippen LogP contribution is 2.34. The van der Waals surface area contributed by atoms with Crippen molar-refractivity contribution in [3.63, 3.8) is 0 Å². The molecule has 0 amide bonds. The van der Waals surface area contributed by atoms with Crippen molar-refractivity contribution < 1.29 is 35.3 Å². The van der Waals surface area contributed by atoms with Crippen LogP contribution in [-0.4, -0.2) is 19.9 Å². The molecule has 0 spiro atoms. The van der Waals surface area contributed by atoms with E-state index in [9.17, 15) is 26.4 Å². The maximum Gasteiger partial charge on any atom is 0.534 e. The van der Waals surface area contributed by atoms with Crippen molar-refractivity contribution >= 4 is 32.0 Å². The lowest BCUT2D eigenvalue weighted by atomic mass is 10.0. The third-order valence-corrected chi connectivity index (χ3v) is 4.19. The molecule has 10 heteroatoms. The Hall–Kier alpha value is -1.55. The first-order chi connectivity index (χ1) is 10.1. The Labute approximate surface area is 132 Å². The monoisotopic (exact) mass is 400 g/mol. The van der Waals surface area contributed by atoms with Crippen LogP contribution in [-0.2, 0) is 23.8 Å². The molecule has 1 aromatic carbocycles. The van der Waals surface area contributed by atoms with E-state index in [1.807, 2.05) is 0 Å². The van der Waals surface area contributed by atoms with Gasteiger partial charge in [-0.15, -0.1) is 0 Å². The van der Waals surface area contributed by atoms with Gasteiger partial charge in [0.05, 0.1) is 6.08 Å². The number of cyclic esters (lactones) is 1. The zero-order valence-corrected chi connectivity index (χ0v) is 13.0. The Morgan fingerprint density at radius 1 is 1.23 bits per heavy atom. The minimum Gasteiger partial charge on any atom is -0.454 e. The van der Waals surface area contributed by atoms with E-state index >= 15 is 0 Å². The van der Waals surface area contributed by atoms with Crippen molar-refractivity contribution in [3.05, 3.63) is 46.1 Å². The lowest BCUT2D eigenvalue weighted by Gasteiger charge is -2.23. The van der Waals surface area contributed by atoms with Crippen LogP contribution in [0.3, 0.4) is 0 Å². The topological polar surface area (TPSA) is 69.7 Å². The normalized spacial score (nSPS) is 19.4. The van der Waals surface area contributed by atoms with E-state index in [1.165, 1.54) is 0 Å². The fourth-order valence-electron chi connectivity index (χ4n) is 1.70. The van der Waals surface area contributed by atoms with Gasteiger partial charge in [-0.25, -0.2) is 4.79 Å². The molecular weight excluding hydrogens is 393 g/mol. The molecule has 0 saturated carbocycles. The number of hydrogen-bond donors (Lipinski definition) is 0. The molecule has 0 fully saturated rings. The van der Waals surface area contributed by atoms with Crippen LogP contribution in [0.2, 0.25) is 0 Å². The first-order valence-corrected chi connectivity index (χ1v) is 7.96. The summed E-state index contributed by atoms with van der Waals surface area (Å²) in [6, 6.07) is 6.47. The van der Waals surface area contributed by atoms with Crippen LogP contribution in [0, 0.1) is 0 Å². The van der Waals surface area contributed by atoms with Gasteiger partial charge in [-0.05, 0) is 17.7 Å². The molecule has 1 aromatic rings. The van der Waals surface area contributed by atoms with Gasteiger partial charge in [0.1, 0.15) is 11.9 Å². The summed E-state index contributed by atoms with van der Waals surface area (Å²) in [7, 11) is -5.82. The summed E-state index contributed by atoms with van der Waals surface area (Å²) in [6.07, 6.45) is -0.662. The molecule has 1 heterocycles. The van der Waals surface area contributed by atoms with Crippen LogP contribution in [0.4, 0.5) is 13.2 Å². The maximum atomic E-state index is 12.3. The first-order valence-electron chi connectivity index (χ1n) is 5.76. The summed E-state index contributed by atoms with van der Waals surface area (Å²) in [6.45, 7) is 0. The minimum atomic E-state index is -5.82. The molecule has 0 aromatic heterocycles. The number of rotatable bonds is 3. The Bertz CT molecular complexity index is 709.